The van der Waals surface area contributed by atoms with Crippen molar-refractivity contribution in [3.63, 3.8) is 0 Å². The lowest BCUT2D eigenvalue weighted by atomic mass is 9.99. The maximum Gasteiger partial charge on any atom is 0.123 e. The first kappa shape index (κ1) is 20.0. The molecule has 0 fully saturated rings. The van der Waals surface area contributed by atoms with E-state index in [0.29, 0.717) is 0 Å². The maximum atomic E-state index is 13.1. The van der Waals surface area contributed by atoms with E-state index in [9.17, 15) is 4.39 Å². The van der Waals surface area contributed by atoms with Gasteiger partial charge in [0, 0.05) is 27.7 Å². The molecule has 0 spiro atoms. The standard InChI is InChI=1S/C17H14FNS.2C2H6/c1-11-12(2)20-17(14-3-5-15(18)6-4-14)16(11)13-7-9-19-10-8-13;2*1-2/h3-10H,1-2H3;2*1-2H3. The van der Waals surface area contributed by atoms with Crippen LogP contribution in [-0.4, -0.2) is 4.98 Å². The van der Waals surface area contributed by atoms with Crippen LogP contribution in [-0.2, 0) is 0 Å². The van der Waals surface area contributed by atoms with Gasteiger partial charge in [0.05, 0.1) is 0 Å². The molecule has 1 aromatic carbocycles. The first-order valence-electron chi connectivity index (χ1n) is 8.43. The number of aromatic nitrogens is 1. The minimum atomic E-state index is -0.204. The molecule has 3 rings (SSSR count). The number of hydrogen-bond donors (Lipinski definition) is 0. The molecule has 0 saturated carbocycles. The average Bonchev–Trinajstić information content (AvgIpc) is 2.95. The molecular formula is C21H26FNS. The zero-order chi connectivity index (χ0) is 18.1. The lowest BCUT2D eigenvalue weighted by Crippen LogP contribution is -1.84. The van der Waals surface area contributed by atoms with Crippen molar-refractivity contribution < 1.29 is 4.39 Å². The molecule has 128 valence electrons. The van der Waals surface area contributed by atoms with E-state index >= 15 is 0 Å². The predicted octanol–water partition coefficient (Wildman–Crippen LogP) is 7.29. The van der Waals surface area contributed by atoms with Crippen LogP contribution in [0.15, 0.2) is 48.8 Å². The quantitative estimate of drug-likeness (QED) is 0.476. The smallest absolute Gasteiger partial charge is 0.123 e. The molecule has 0 unspecified atom stereocenters. The Morgan fingerprint density at radius 2 is 1.33 bits per heavy atom. The van der Waals surface area contributed by atoms with Gasteiger partial charge in [0.2, 0.25) is 0 Å². The van der Waals surface area contributed by atoms with Crippen molar-refractivity contribution in [1.29, 1.82) is 0 Å². The molecule has 0 amide bonds. The second kappa shape index (κ2) is 9.99. The van der Waals surface area contributed by atoms with Gasteiger partial charge in [0.15, 0.2) is 0 Å². The molecule has 0 atom stereocenters. The van der Waals surface area contributed by atoms with E-state index in [1.54, 1.807) is 23.7 Å². The van der Waals surface area contributed by atoms with Crippen molar-refractivity contribution in [3.05, 3.63) is 65.0 Å². The number of thiophene rings is 1. The molecule has 2 heterocycles. The Hall–Kier alpha value is -2.00. The van der Waals surface area contributed by atoms with Gasteiger partial charge in [-0.1, -0.05) is 39.8 Å². The van der Waals surface area contributed by atoms with Gasteiger partial charge >= 0.3 is 0 Å². The molecule has 1 nitrogen and oxygen atoms in total. The summed E-state index contributed by atoms with van der Waals surface area (Å²) in [5.74, 6) is -0.204. The second-order valence-electron chi connectivity index (χ2n) is 4.73. The van der Waals surface area contributed by atoms with Gasteiger partial charge in [-0.3, -0.25) is 4.98 Å². The highest BCUT2D eigenvalue weighted by Crippen LogP contribution is 2.42. The predicted molar refractivity (Wildman–Crippen MR) is 105 cm³/mol. The van der Waals surface area contributed by atoms with Gasteiger partial charge in [-0.25, -0.2) is 4.39 Å². The number of halogens is 1. The second-order valence-corrected chi connectivity index (χ2v) is 5.95. The molecule has 0 aliphatic heterocycles. The van der Waals surface area contributed by atoms with Crippen LogP contribution < -0.4 is 0 Å². The van der Waals surface area contributed by atoms with Gasteiger partial charge in [0.25, 0.3) is 0 Å². The van der Waals surface area contributed by atoms with Crippen LogP contribution in [0.3, 0.4) is 0 Å². The Bertz CT molecular complexity index is 731. The zero-order valence-corrected chi connectivity index (χ0v) is 16.2. The summed E-state index contributed by atoms with van der Waals surface area (Å²) >= 11 is 1.75. The number of pyridine rings is 1. The first-order chi connectivity index (χ1) is 11.7. The molecule has 0 bridgehead atoms. The van der Waals surface area contributed by atoms with E-state index in [1.165, 1.54) is 33.0 Å². The Kier molecular flexibility index (Phi) is 8.34. The van der Waals surface area contributed by atoms with Crippen LogP contribution in [0.2, 0.25) is 0 Å². The van der Waals surface area contributed by atoms with Crippen molar-refractivity contribution in [2.75, 3.05) is 0 Å². The van der Waals surface area contributed by atoms with E-state index in [0.717, 1.165) is 11.1 Å². The molecule has 0 aliphatic carbocycles. The van der Waals surface area contributed by atoms with Gasteiger partial charge in [0.1, 0.15) is 5.82 Å². The summed E-state index contributed by atoms with van der Waals surface area (Å²) in [5, 5.41) is 0. The highest BCUT2D eigenvalue weighted by atomic mass is 32.1. The van der Waals surface area contributed by atoms with Crippen LogP contribution in [0.25, 0.3) is 21.6 Å². The fourth-order valence-electron chi connectivity index (χ4n) is 2.30. The Balaban J connectivity index is 0.000000671. The van der Waals surface area contributed by atoms with E-state index in [4.69, 9.17) is 0 Å². The number of hydrogen-bond acceptors (Lipinski definition) is 2. The summed E-state index contributed by atoms with van der Waals surface area (Å²) in [7, 11) is 0. The third-order valence-corrected chi connectivity index (χ3v) is 4.72. The van der Waals surface area contributed by atoms with E-state index < -0.39 is 0 Å². The molecule has 0 radical (unpaired) electrons. The Morgan fingerprint density at radius 3 is 1.88 bits per heavy atom. The zero-order valence-electron chi connectivity index (χ0n) is 15.4. The van der Waals surface area contributed by atoms with Gasteiger partial charge in [-0.2, -0.15) is 0 Å². The SMILES string of the molecule is CC.CC.Cc1sc(-c2ccc(F)cc2)c(-c2ccncc2)c1C. The van der Waals surface area contributed by atoms with E-state index in [1.807, 2.05) is 52.0 Å². The molecule has 3 heteroatoms. The van der Waals surface area contributed by atoms with Gasteiger partial charge < -0.3 is 0 Å². The number of nitrogens with zero attached hydrogens (tertiary/aromatic N) is 1. The lowest BCUT2D eigenvalue weighted by molar-refractivity contribution is 0.628. The van der Waals surface area contributed by atoms with Gasteiger partial charge in [-0.05, 0) is 54.8 Å². The van der Waals surface area contributed by atoms with Gasteiger partial charge in [-0.15, -0.1) is 11.3 Å². The molecule has 24 heavy (non-hydrogen) atoms. The number of rotatable bonds is 2. The lowest BCUT2D eigenvalue weighted by Gasteiger charge is -2.06. The van der Waals surface area contributed by atoms with Crippen molar-refractivity contribution in [1.82, 2.24) is 4.98 Å². The summed E-state index contributed by atoms with van der Waals surface area (Å²) in [5.41, 5.74) is 4.71. The van der Waals surface area contributed by atoms with E-state index in [2.05, 4.69) is 18.8 Å². The Labute approximate surface area is 149 Å². The first-order valence-corrected chi connectivity index (χ1v) is 9.25. The highest BCUT2D eigenvalue weighted by molar-refractivity contribution is 7.16. The summed E-state index contributed by atoms with van der Waals surface area (Å²) in [6.45, 7) is 12.3. The third kappa shape index (κ3) is 4.51. The minimum absolute atomic E-state index is 0.204. The molecule has 0 saturated heterocycles. The highest BCUT2D eigenvalue weighted by Gasteiger charge is 2.15. The van der Waals surface area contributed by atoms with E-state index in [-0.39, 0.29) is 5.82 Å². The normalized spacial score (nSPS) is 9.46. The molecule has 2 aromatic heterocycles. The summed E-state index contributed by atoms with van der Waals surface area (Å²) in [6, 6.07) is 10.7. The summed E-state index contributed by atoms with van der Waals surface area (Å²) in [4.78, 5) is 6.55. The topological polar surface area (TPSA) is 12.9 Å². The van der Waals surface area contributed by atoms with Crippen LogP contribution >= 0.6 is 11.3 Å². The fourth-order valence-corrected chi connectivity index (χ4v) is 3.49. The van der Waals surface area contributed by atoms with Crippen LogP contribution in [0.5, 0.6) is 0 Å². The van der Waals surface area contributed by atoms with Crippen LogP contribution in [0, 0.1) is 19.7 Å². The van der Waals surface area contributed by atoms with Crippen LogP contribution in [0.4, 0.5) is 4.39 Å². The number of aryl methyl sites for hydroxylation is 1. The third-order valence-electron chi connectivity index (χ3n) is 3.46. The average molecular weight is 344 g/mol. The fraction of sp³-hybridized carbons (Fsp3) is 0.286. The minimum Gasteiger partial charge on any atom is -0.265 e. The van der Waals surface area contributed by atoms with Crippen molar-refractivity contribution in [2.24, 2.45) is 0 Å². The summed E-state index contributed by atoms with van der Waals surface area (Å²) < 4.78 is 13.1. The Morgan fingerprint density at radius 1 is 0.792 bits per heavy atom. The van der Waals surface area contributed by atoms with Crippen molar-refractivity contribution in [2.45, 2.75) is 41.5 Å². The summed E-state index contributed by atoms with van der Waals surface area (Å²) in [6.07, 6.45) is 3.60. The largest absolute Gasteiger partial charge is 0.265 e. The maximum absolute atomic E-state index is 13.1. The number of benzene rings is 1. The molecule has 3 aromatic rings. The monoisotopic (exact) mass is 343 g/mol. The van der Waals surface area contributed by atoms with Crippen molar-refractivity contribution >= 4 is 11.3 Å². The van der Waals surface area contributed by atoms with Crippen LogP contribution in [0.1, 0.15) is 38.1 Å². The van der Waals surface area contributed by atoms with Crippen molar-refractivity contribution in [3.8, 4) is 21.6 Å². The molecule has 0 N–H and O–H groups in total. The molecule has 0 aliphatic rings. The molecular weight excluding hydrogens is 317 g/mol.